The van der Waals surface area contributed by atoms with Gasteiger partial charge in [-0.05, 0) is 95.1 Å². The smallest absolute Gasteiger partial charge is 0.0970 e. The Balaban J connectivity index is 1.06. The van der Waals surface area contributed by atoms with Crippen LogP contribution in [0.2, 0.25) is 0 Å². The largest absolute Gasteiger partial charge is 0.255 e. The van der Waals surface area contributed by atoms with Gasteiger partial charge in [0, 0.05) is 45.7 Å². The molecule has 5 heteroatoms. The molecule has 0 N–H and O–H groups in total. The summed E-state index contributed by atoms with van der Waals surface area (Å²) in [7, 11) is 0. The molecule has 5 nitrogen and oxygen atoms in total. The molecule has 214 valence electrons. The molecule has 0 unspecified atom stereocenters. The Morgan fingerprint density at radius 3 is 1.83 bits per heavy atom. The Morgan fingerprint density at radius 2 is 1.04 bits per heavy atom. The van der Waals surface area contributed by atoms with Crippen LogP contribution < -0.4 is 0 Å². The van der Waals surface area contributed by atoms with Crippen molar-refractivity contribution in [2.75, 3.05) is 0 Å². The van der Waals surface area contributed by atoms with E-state index in [0.717, 1.165) is 88.5 Å². The minimum atomic E-state index is 0.874. The van der Waals surface area contributed by atoms with Crippen molar-refractivity contribution in [2.24, 2.45) is 0 Å². The van der Waals surface area contributed by atoms with E-state index in [4.69, 9.17) is 9.97 Å². The summed E-state index contributed by atoms with van der Waals surface area (Å²) in [5, 5.41) is 4.35. The molecule has 9 rings (SSSR count). The summed E-state index contributed by atoms with van der Waals surface area (Å²) in [5.74, 6) is 0. The lowest BCUT2D eigenvalue weighted by Crippen LogP contribution is -1.90. The zero-order valence-corrected chi connectivity index (χ0v) is 24.7. The third kappa shape index (κ3) is 4.54. The molecule has 0 saturated heterocycles. The van der Waals surface area contributed by atoms with Gasteiger partial charge in [-0.3, -0.25) is 15.0 Å². The molecule has 9 aromatic rings. The third-order valence-corrected chi connectivity index (χ3v) is 8.57. The van der Waals surface area contributed by atoms with Gasteiger partial charge in [-0.2, -0.15) is 0 Å². The molecule has 0 fully saturated rings. The Labute approximate surface area is 264 Å². The van der Waals surface area contributed by atoms with Gasteiger partial charge in [-0.1, -0.05) is 60.7 Å². The van der Waals surface area contributed by atoms with Gasteiger partial charge in [0.15, 0.2) is 0 Å². The molecular formula is C41H25N5. The van der Waals surface area contributed by atoms with Gasteiger partial charge >= 0.3 is 0 Å². The molecule has 0 saturated carbocycles. The van der Waals surface area contributed by atoms with Crippen molar-refractivity contribution < 1.29 is 0 Å². The second-order valence-electron chi connectivity index (χ2n) is 11.4. The first-order valence-electron chi connectivity index (χ1n) is 15.2. The Bertz CT molecular complexity index is 2600. The molecule has 0 amide bonds. The predicted octanol–water partition coefficient (Wildman–Crippen LogP) is 9.94. The number of benzene rings is 4. The first kappa shape index (κ1) is 26.1. The van der Waals surface area contributed by atoms with Crippen molar-refractivity contribution in [3.8, 4) is 44.9 Å². The van der Waals surface area contributed by atoms with E-state index in [-0.39, 0.29) is 0 Å². The Kier molecular flexibility index (Phi) is 6.06. The van der Waals surface area contributed by atoms with Crippen molar-refractivity contribution >= 4 is 43.6 Å². The average molecular weight is 588 g/mol. The Hall–Kier alpha value is -6.33. The second-order valence-corrected chi connectivity index (χ2v) is 11.4. The summed E-state index contributed by atoms with van der Waals surface area (Å²) >= 11 is 0. The molecule has 46 heavy (non-hydrogen) atoms. The summed E-state index contributed by atoms with van der Waals surface area (Å²) < 4.78 is 0. The van der Waals surface area contributed by atoms with E-state index >= 15 is 0 Å². The predicted molar refractivity (Wildman–Crippen MR) is 187 cm³/mol. The zero-order chi connectivity index (χ0) is 30.5. The quantitative estimate of drug-likeness (QED) is 0.192. The number of hydrogen-bond donors (Lipinski definition) is 0. The van der Waals surface area contributed by atoms with Crippen LogP contribution in [0.15, 0.2) is 152 Å². The monoisotopic (exact) mass is 587 g/mol. The van der Waals surface area contributed by atoms with Crippen LogP contribution in [0.1, 0.15) is 0 Å². The van der Waals surface area contributed by atoms with E-state index in [1.165, 1.54) is 0 Å². The zero-order valence-electron chi connectivity index (χ0n) is 24.7. The number of nitrogens with zero attached hydrogens (tertiary/aromatic N) is 5. The van der Waals surface area contributed by atoms with Gasteiger partial charge < -0.3 is 0 Å². The second kappa shape index (κ2) is 10.7. The van der Waals surface area contributed by atoms with E-state index in [0.29, 0.717) is 0 Å². The highest BCUT2D eigenvalue weighted by Crippen LogP contribution is 2.35. The molecule has 0 radical (unpaired) electrons. The molecule has 5 aromatic heterocycles. The van der Waals surface area contributed by atoms with Gasteiger partial charge in [0.25, 0.3) is 0 Å². The summed E-state index contributed by atoms with van der Waals surface area (Å²) in [4.78, 5) is 23.7. The van der Waals surface area contributed by atoms with Crippen molar-refractivity contribution in [1.29, 1.82) is 0 Å². The van der Waals surface area contributed by atoms with Crippen LogP contribution in [-0.2, 0) is 0 Å². The van der Waals surface area contributed by atoms with Crippen LogP contribution in [0.25, 0.3) is 88.5 Å². The number of pyridine rings is 5. The lowest BCUT2D eigenvalue weighted by Gasteiger charge is -2.11. The van der Waals surface area contributed by atoms with Gasteiger partial charge in [0.2, 0.25) is 0 Å². The highest BCUT2D eigenvalue weighted by Gasteiger charge is 2.12. The highest BCUT2D eigenvalue weighted by molar-refractivity contribution is 6.10. The van der Waals surface area contributed by atoms with Crippen molar-refractivity contribution in [3.05, 3.63) is 152 Å². The average Bonchev–Trinajstić information content (AvgIpc) is 3.14. The maximum Gasteiger partial charge on any atom is 0.0970 e. The number of fused-ring (bicyclic) bond motifs is 5. The fourth-order valence-corrected chi connectivity index (χ4v) is 6.29. The molecule has 0 aliphatic rings. The minimum Gasteiger partial charge on any atom is -0.255 e. The molecule has 0 aliphatic carbocycles. The minimum absolute atomic E-state index is 0.874. The Morgan fingerprint density at radius 1 is 0.348 bits per heavy atom. The molecule has 0 spiro atoms. The summed E-state index contributed by atoms with van der Waals surface area (Å²) in [6, 6.07) is 46.2. The van der Waals surface area contributed by atoms with Gasteiger partial charge in [0.1, 0.15) is 0 Å². The van der Waals surface area contributed by atoms with Crippen LogP contribution in [0.3, 0.4) is 0 Å². The molecule has 0 aliphatic heterocycles. The highest BCUT2D eigenvalue weighted by atomic mass is 14.8. The molecule has 0 atom stereocenters. The molecular weight excluding hydrogens is 562 g/mol. The van der Waals surface area contributed by atoms with E-state index in [1.54, 1.807) is 6.20 Å². The number of hydrogen-bond acceptors (Lipinski definition) is 5. The standard InChI is InChI=1S/C41H25N5/c1-2-19-42-38(10-1)39-18-14-31-23-27(12-16-37(31)46-39)26-11-15-36-30(22-26)13-17-35(45-36)29-7-3-6-28(24-29)34-25-32-8-4-20-43-40(32)41-33(34)9-5-21-44-41/h1-25H. The van der Waals surface area contributed by atoms with Crippen molar-refractivity contribution in [3.63, 3.8) is 0 Å². The van der Waals surface area contributed by atoms with Crippen LogP contribution in [-0.4, -0.2) is 24.9 Å². The first-order chi connectivity index (χ1) is 22.8. The van der Waals surface area contributed by atoms with E-state index in [2.05, 4.69) is 112 Å². The summed E-state index contributed by atoms with van der Waals surface area (Å²) in [6.07, 6.45) is 5.45. The first-order valence-corrected chi connectivity index (χ1v) is 15.2. The van der Waals surface area contributed by atoms with E-state index < -0.39 is 0 Å². The SMILES string of the molecule is c1ccc(-c2ccc3cc(-c4ccc5nc(-c6cccc(-c7cc8cccnc8c8ncccc78)c6)ccc5c4)ccc3n2)nc1. The van der Waals surface area contributed by atoms with Gasteiger partial charge in [-0.15, -0.1) is 0 Å². The van der Waals surface area contributed by atoms with Crippen LogP contribution >= 0.6 is 0 Å². The fourth-order valence-electron chi connectivity index (χ4n) is 6.29. The molecule has 0 bridgehead atoms. The molecule has 4 aromatic carbocycles. The van der Waals surface area contributed by atoms with Crippen LogP contribution in [0.5, 0.6) is 0 Å². The summed E-state index contributed by atoms with van der Waals surface area (Å²) in [5.41, 5.74) is 12.0. The van der Waals surface area contributed by atoms with Crippen LogP contribution in [0.4, 0.5) is 0 Å². The van der Waals surface area contributed by atoms with Gasteiger partial charge in [0.05, 0.1) is 39.1 Å². The van der Waals surface area contributed by atoms with E-state index in [1.807, 2.05) is 48.8 Å². The number of rotatable bonds is 4. The van der Waals surface area contributed by atoms with Crippen LogP contribution in [0, 0.1) is 0 Å². The van der Waals surface area contributed by atoms with Crippen molar-refractivity contribution in [1.82, 2.24) is 24.9 Å². The lowest BCUT2D eigenvalue weighted by atomic mass is 9.95. The topological polar surface area (TPSA) is 64.5 Å². The molecule has 5 heterocycles. The van der Waals surface area contributed by atoms with Gasteiger partial charge in [-0.25, -0.2) is 9.97 Å². The summed E-state index contributed by atoms with van der Waals surface area (Å²) in [6.45, 7) is 0. The maximum absolute atomic E-state index is 5.08. The maximum atomic E-state index is 5.08. The van der Waals surface area contributed by atoms with E-state index in [9.17, 15) is 0 Å². The number of aromatic nitrogens is 5. The normalized spacial score (nSPS) is 11.5. The lowest BCUT2D eigenvalue weighted by molar-refractivity contribution is 1.28. The fraction of sp³-hybridized carbons (Fsp3) is 0. The van der Waals surface area contributed by atoms with Crippen molar-refractivity contribution in [2.45, 2.75) is 0 Å². The third-order valence-electron chi connectivity index (χ3n) is 8.57.